The second-order valence-corrected chi connectivity index (χ2v) is 9.45. The Balaban J connectivity index is 1.32. The predicted octanol–water partition coefficient (Wildman–Crippen LogP) is 4.11. The number of aromatic nitrogens is 5. The number of carbonyl (C=O) groups is 1. The van der Waals surface area contributed by atoms with E-state index in [1.807, 2.05) is 60.2 Å². The van der Waals surface area contributed by atoms with E-state index in [0.717, 1.165) is 28.9 Å². The third-order valence-corrected chi connectivity index (χ3v) is 6.55. The molecule has 5 heterocycles. The van der Waals surface area contributed by atoms with E-state index in [0.29, 0.717) is 36.7 Å². The van der Waals surface area contributed by atoms with E-state index in [4.69, 9.17) is 4.98 Å². The number of fused-ring (bicyclic) bond motifs is 1. The summed E-state index contributed by atoms with van der Waals surface area (Å²) in [6.07, 6.45) is 8.80. The van der Waals surface area contributed by atoms with E-state index >= 15 is 0 Å². The van der Waals surface area contributed by atoms with Crippen molar-refractivity contribution >= 4 is 28.9 Å². The molecule has 0 spiro atoms. The first-order chi connectivity index (χ1) is 16.9. The molecule has 5 rings (SSSR count). The van der Waals surface area contributed by atoms with Crippen LogP contribution in [-0.4, -0.2) is 62.1 Å². The van der Waals surface area contributed by atoms with Crippen LogP contribution in [0.4, 0.5) is 17.5 Å². The smallest absolute Gasteiger partial charge is 0.228 e. The van der Waals surface area contributed by atoms with Gasteiger partial charge in [-0.3, -0.25) is 4.79 Å². The number of nitrogens with one attached hydrogen (secondary N) is 1. The number of piperidine rings is 1. The normalized spacial score (nSPS) is 16.5. The third-order valence-electron chi connectivity index (χ3n) is 6.55. The van der Waals surface area contributed by atoms with Gasteiger partial charge in [-0.15, -0.1) is 0 Å². The molecular weight excluding hydrogens is 440 g/mol. The molecule has 0 unspecified atom stereocenters. The van der Waals surface area contributed by atoms with Crippen molar-refractivity contribution in [3.63, 3.8) is 0 Å². The topological polar surface area (TPSA) is 91.6 Å². The highest BCUT2D eigenvalue weighted by Crippen LogP contribution is 2.26. The van der Waals surface area contributed by atoms with Crippen LogP contribution in [0.1, 0.15) is 38.2 Å². The molecule has 1 atom stereocenters. The van der Waals surface area contributed by atoms with Crippen molar-refractivity contribution in [2.45, 2.75) is 38.6 Å². The molecule has 0 bridgehead atoms. The molecule has 0 radical (unpaired) electrons. The maximum absolute atomic E-state index is 12.6. The fraction of sp³-hybridized carbons (Fsp3) is 0.346. The summed E-state index contributed by atoms with van der Waals surface area (Å²) in [5.41, 5.74) is 4.89. The molecule has 0 aromatic carbocycles. The van der Waals surface area contributed by atoms with Crippen LogP contribution in [-0.2, 0) is 4.79 Å². The Morgan fingerprint density at radius 1 is 1.11 bits per heavy atom. The van der Waals surface area contributed by atoms with Gasteiger partial charge < -0.3 is 15.1 Å². The summed E-state index contributed by atoms with van der Waals surface area (Å²) in [4.78, 5) is 30.1. The lowest BCUT2D eigenvalue weighted by molar-refractivity contribution is -0.120. The van der Waals surface area contributed by atoms with Crippen LogP contribution in [0.15, 0.2) is 55.1 Å². The summed E-state index contributed by atoms with van der Waals surface area (Å²) in [6, 6.07) is 10.1. The molecule has 1 aliphatic heterocycles. The molecular formula is C26H30N8O. The molecule has 1 fully saturated rings. The maximum Gasteiger partial charge on any atom is 0.228 e. The number of rotatable bonds is 6. The monoisotopic (exact) mass is 470 g/mol. The zero-order valence-corrected chi connectivity index (χ0v) is 20.5. The first-order valence-electron chi connectivity index (χ1n) is 11.9. The molecule has 9 nitrogen and oxygen atoms in total. The second-order valence-electron chi connectivity index (χ2n) is 9.45. The number of pyridine rings is 2. The fourth-order valence-electron chi connectivity index (χ4n) is 4.45. The van der Waals surface area contributed by atoms with E-state index in [9.17, 15) is 4.79 Å². The molecule has 0 aliphatic carbocycles. The Labute approximate surface area is 204 Å². The molecule has 35 heavy (non-hydrogen) atoms. The minimum absolute atomic E-state index is 0.129. The van der Waals surface area contributed by atoms with E-state index in [1.54, 1.807) is 12.4 Å². The number of amides is 1. The van der Waals surface area contributed by atoms with Crippen LogP contribution in [0.3, 0.4) is 0 Å². The Hall–Kier alpha value is -3.85. The standard InChI is InChI=1S/C26H30N8O/c1-17(2)21-16-29-34-12-8-18(13-23(21)34)22-7-10-27-26(30-22)31-24-6-5-20(15-28-24)33-11-9-19(32(3)4)14-25(33)35/h5-8,10,12-13,15-17,19H,9,11,14H2,1-4H3,(H,27,28,30,31)/t19-/m0/s1. The minimum atomic E-state index is 0.129. The van der Waals surface area contributed by atoms with Crippen LogP contribution in [0, 0.1) is 0 Å². The highest BCUT2D eigenvalue weighted by atomic mass is 16.2. The molecule has 0 saturated carbocycles. The Morgan fingerprint density at radius 3 is 2.69 bits per heavy atom. The summed E-state index contributed by atoms with van der Waals surface area (Å²) >= 11 is 0. The SMILES string of the molecule is CC(C)c1cnn2ccc(-c3ccnc(Nc4ccc(N5CC[C@H](N(C)C)CC5=O)cn4)n3)cc12. The van der Waals surface area contributed by atoms with Gasteiger partial charge in [-0.05, 0) is 56.8 Å². The van der Waals surface area contributed by atoms with Crippen molar-refractivity contribution in [2.24, 2.45) is 0 Å². The van der Waals surface area contributed by atoms with Crippen LogP contribution < -0.4 is 10.2 Å². The lowest BCUT2D eigenvalue weighted by atomic mass is 10.0. The van der Waals surface area contributed by atoms with Crippen molar-refractivity contribution in [1.82, 2.24) is 29.5 Å². The Bertz CT molecular complexity index is 1350. The summed E-state index contributed by atoms with van der Waals surface area (Å²) in [5.74, 6) is 1.59. The fourth-order valence-corrected chi connectivity index (χ4v) is 4.45. The summed E-state index contributed by atoms with van der Waals surface area (Å²) in [5, 5.41) is 7.62. The van der Waals surface area contributed by atoms with E-state index < -0.39 is 0 Å². The molecule has 180 valence electrons. The zero-order chi connectivity index (χ0) is 24.5. The average Bonchev–Trinajstić information content (AvgIpc) is 3.28. The van der Waals surface area contributed by atoms with E-state index in [-0.39, 0.29) is 5.91 Å². The van der Waals surface area contributed by atoms with Crippen LogP contribution in [0.2, 0.25) is 0 Å². The number of hydrogen-bond acceptors (Lipinski definition) is 7. The Kier molecular flexibility index (Phi) is 6.17. The van der Waals surface area contributed by atoms with Crippen molar-refractivity contribution < 1.29 is 4.79 Å². The molecule has 4 aromatic heterocycles. The molecule has 1 N–H and O–H groups in total. The first kappa shape index (κ1) is 22.9. The van der Waals surface area contributed by atoms with Gasteiger partial charge in [-0.25, -0.2) is 19.5 Å². The van der Waals surface area contributed by atoms with Gasteiger partial charge in [0, 0.05) is 42.5 Å². The zero-order valence-electron chi connectivity index (χ0n) is 20.5. The molecule has 1 amide bonds. The number of nitrogens with zero attached hydrogens (tertiary/aromatic N) is 7. The van der Waals surface area contributed by atoms with Crippen molar-refractivity contribution in [3.8, 4) is 11.3 Å². The first-order valence-corrected chi connectivity index (χ1v) is 11.9. The Morgan fingerprint density at radius 2 is 1.97 bits per heavy atom. The molecule has 4 aromatic rings. The molecule has 1 aliphatic rings. The van der Waals surface area contributed by atoms with Gasteiger partial charge in [0.1, 0.15) is 5.82 Å². The van der Waals surface area contributed by atoms with Crippen LogP contribution in [0.25, 0.3) is 16.8 Å². The predicted molar refractivity (Wildman–Crippen MR) is 137 cm³/mol. The van der Waals surface area contributed by atoms with Gasteiger partial charge in [0.05, 0.1) is 29.3 Å². The second kappa shape index (κ2) is 9.42. The number of carbonyl (C=O) groups excluding carboxylic acids is 1. The van der Waals surface area contributed by atoms with Gasteiger partial charge in [0.15, 0.2) is 0 Å². The summed E-state index contributed by atoms with van der Waals surface area (Å²) in [6.45, 7) is 5.02. The van der Waals surface area contributed by atoms with Gasteiger partial charge in [-0.1, -0.05) is 13.8 Å². The number of hydrogen-bond donors (Lipinski definition) is 1. The van der Waals surface area contributed by atoms with Gasteiger partial charge in [0.2, 0.25) is 11.9 Å². The van der Waals surface area contributed by atoms with Crippen molar-refractivity contribution in [1.29, 1.82) is 0 Å². The molecule has 1 saturated heterocycles. The van der Waals surface area contributed by atoms with Gasteiger partial charge in [-0.2, -0.15) is 5.10 Å². The van der Waals surface area contributed by atoms with Gasteiger partial charge in [0.25, 0.3) is 0 Å². The van der Waals surface area contributed by atoms with E-state index in [2.05, 4.69) is 45.2 Å². The van der Waals surface area contributed by atoms with Crippen LogP contribution >= 0.6 is 0 Å². The summed E-state index contributed by atoms with van der Waals surface area (Å²) in [7, 11) is 4.04. The number of anilines is 3. The largest absolute Gasteiger partial charge is 0.311 e. The van der Waals surface area contributed by atoms with Crippen molar-refractivity contribution in [2.75, 3.05) is 30.9 Å². The van der Waals surface area contributed by atoms with Gasteiger partial charge >= 0.3 is 0 Å². The van der Waals surface area contributed by atoms with Crippen molar-refractivity contribution in [3.05, 3.63) is 60.7 Å². The highest BCUT2D eigenvalue weighted by molar-refractivity contribution is 5.94. The maximum atomic E-state index is 12.6. The summed E-state index contributed by atoms with van der Waals surface area (Å²) < 4.78 is 1.89. The third kappa shape index (κ3) is 4.72. The average molecular weight is 471 g/mol. The lowest BCUT2D eigenvalue weighted by Gasteiger charge is -2.34. The quantitative estimate of drug-likeness (QED) is 0.453. The minimum Gasteiger partial charge on any atom is -0.311 e. The van der Waals surface area contributed by atoms with Crippen LogP contribution in [0.5, 0.6) is 0 Å². The highest BCUT2D eigenvalue weighted by Gasteiger charge is 2.28. The molecule has 9 heteroatoms. The van der Waals surface area contributed by atoms with E-state index in [1.165, 1.54) is 5.56 Å². The lowest BCUT2D eigenvalue weighted by Crippen LogP contribution is -2.45.